The van der Waals surface area contributed by atoms with Crippen molar-refractivity contribution in [3.63, 3.8) is 0 Å². The van der Waals surface area contributed by atoms with Gasteiger partial charge in [-0.05, 0) is 19.3 Å². The van der Waals surface area contributed by atoms with E-state index in [4.69, 9.17) is 5.11 Å². The zero-order chi connectivity index (χ0) is 6.91. The molecule has 0 radical (unpaired) electrons. The Morgan fingerprint density at radius 3 is 2.67 bits per heavy atom. The lowest BCUT2D eigenvalue weighted by Gasteiger charge is -2.21. The number of aliphatic hydroxyl groups excluding tert-OH is 1. The quantitative estimate of drug-likeness (QED) is 0.530. The van der Waals surface area contributed by atoms with Crippen LogP contribution >= 0.6 is 0 Å². The van der Waals surface area contributed by atoms with E-state index in [-0.39, 0.29) is 12.0 Å². The highest BCUT2D eigenvalue weighted by Crippen LogP contribution is 2.40. The summed E-state index contributed by atoms with van der Waals surface area (Å²) in [6.45, 7) is 6.27. The summed E-state index contributed by atoms with van der Waals surface area (Å²) in [4.78, 5) is 0. The molecule has 0 heterocycles. The Morgan fingerprint density at radius 2 is 2.44 bits per heavy atom. The summed E-state index contributed by atoms with van der Waals surface area (Å²) in [5, 5.41) is 8.93. The van der Waals surface area contributed by atoms with Gasteiger partial charge in [-0.1, -0.05) is 19.1 Å². The van der Waals surface area contributed by atoms with Crippen molar-refractivity contribution in [1.82, 2.24) is 0 Å². The Morgan fingerprint density at radius 1 is 1.78 bits per heavy atom. The van der Waals surface area contributed by atoms with Gasteiger partial charge in [-0.15, -0.1) is 0 Å². The molecule has 1 atom stereocenters. The molecule has 0 saturated heterocycles. The molecule has 0 amide bonds. The van der Waals surface area contributed by atoms with Gasteiger partial charge in [-0.2, -0.15) is 0 Å². The van der Waals surface area contributed by atoms with E-state index in [2.05, 4.69) is 13.5 Å². The topological polar surface area (TPSA) is 20.2 Å². The molecule has 1 aliphatic carbocycles. The lowest BCUT2D eigenvalue weighted by molar-refractivity contribution is 0.179. The summed E-state index contributed by atoms with van der Waals surface area (Å²) in [6.07, 6.45) is 3.43. The molecule has 1 fully saturated rings. The van der Waals surface area contributed by atoms with Crippen LogP contribution in [0.5, 0.6) is 0 Å². The van der Waals surface area contributed by atoms with Crippen molar-refractivity contribution >= 4 is 0 Å². The van der Waals surface area contributed by atoms with Crippen LogP contribution in [0, 0.1) is 5.41 Å². The highest BCUT2D eigenvalue weighted by molar-refractivity contribution is 5.13. The van der Waals surface area contributed by atoms with Crippen molar-refractivity contribution in [2.24, 2.45) is 5.41 Å². The molecule has 9 heavy (non-hydrogen) atoms. The van der Waals surface area contributed by atoms with Crippen LogP contribution < -0.4 is 0 Å². The molecule has 1 N–H and O–H groups in total. The van der Waals surface area contributed by atoms with Gasteiger partial charge in [0.15, 0.2) is 0 Å². The minimum atomic E-state index is 0.0556. The van der Waals surface area contributed by atoms with E-state index in [1.807, 2.05) is 0 Å². The van der Waals surface area contributed by atoms with Gasteiger partial charge in [-0.3, -0.25) is 0 Å². The largest absolute Gasteiger partial charge is 0.395 e. The number of rotatable bonds is 1. The second-order valence-electron chi connectivity index (χ2n) is 3.18. The fraction of sp³-hybridized carbons (Fsp3) is 0.750. The van der Waals surface area contributed by atoms with E-state index in [1.165, 1.54) is 12.0 Å². The second kappa shape index (κ2) is 2.14. The molecular weight excluding hydrogens is 112 g/mol. The third kappa shape index (κ3) is 1.01. The summed E-state index contributed by atoms with van der Waals surface area (Å²) in [6, 6.07) is 0. The zero-order valence-electron chi connectivity index (χ0n) is 5.98. The minimum Gasteiger partial charge on any atom is -0.395 e. The van der Waals surface area contributed by atoms with Gasteiger partial charge in [0.2, 0.25) is 0 Å². The van der Waals surface area contributed by atoms with Gasteiger partial charge < -0.3 is 5.11 Å². The van der Waals surface area contributed by atoms with Gasteiger partial charge in [0.05, 0.1) is 6.61 Å². The third-order valence-electron chi connectivity index (χ3n) is 2.41. The Balaban J connectivity index is 2.67. The predicted octanol–water partition coefficient (Wildman–Crippen LogP) is 1.73. The first-order valence-corrected chi connectivity index (χ1v) is 3.48. The van der Waals surface area contributed by atoms with Gasteiger partial charge in [0.1, 0.15) is 0 Å². The first-order valence-electron chi connectivity index (χ1n) is 3.48. The van der Waals surface area contributed by atoms with Crippen LogP contribution in [0.4, 0.5) is 0 Å². The smallest absolute Gasteiger partial charge is 0.0521 e. The highest BCUT2D eigenvalue weighted by Gasteiger charge is 2.30. The van der Waals surface area contributed by atoms with Crippen molar-refractivity contribution in [3.8, 4) is 0 Å². The third-order valence-corrected chi connectivity index (χ3v) is 2.41. The van der Waals surface area contributed by atoms with Crippen molar-refractivity contribution in [3.05, 3.63) is 12.2 Å². The summed E-state index contributed by atoms with van der Waals surface area (Å²) in [7, 11) is 0. The van der Waals surface area contributed by atoms with Gasteiger partial charge in [-0.25, -0.2) is 0 Å². The van der Waals surface area contributed by atoms with Crippen LogP contribution in [0.25, 0.3) is 0 Å². The van der Waals surface area contributed by atoms with Gasteiger partial charge >= 0.3 is 0 Å². The monoisotopic (exact) mass is 126 g/mol. The van der Waals surface area contributed by atoms with Gasteiger partial charge in [0.25, 0.3) is 0 Å². The van der Waals surface area contributed by atoms with E-state index in [9.17, 15) is 0 Å². The molecule has 0 unspecified atom stereocenters. The minimum absolute atomic E-state index is 0.0556. The molecule has 52 valence electrons. The van der Waals surface area contributed by atoms with Crippen molar-refractivity contribution in [2.75, 3.05) is 6.61 Å². The van der Waals surface area contributed by atoms with Crippen molar-refractivity contribution < 1.29 is 5.11 Å². The molecule has 0 aliphatic heterocycles. The maximum absolute atomic E-state index is 8.93. The van der Waals surface area contributed by atoms with E-state index in [1.54, 1.807) is 0 Å². The van der Waals surface area contributed by atoms with Crippen molar-refractivity contribution in [1.29, 1.82) is 0 Å². The van der Waals surface area contributed by atoms with Crippen LogP contribution in [0.15, 0.2) is 12.2 Å². The van der Waals surface area contributed by atoms with Crippen LogP contribution in [-0.4, -0.2) is 11.7 Å². The molecule has 0 bridgehead atoms. The summed E-state index contributed by atoms with van der Waals surface area (Å²) in [5.41, 5.74) is 1.28. The lowest BCUT2D eigenvalue weighted by Crippen LogP contribution is -2.17. The Kier molecular flexibility index (Phi) is 1.62. The van der Waals surface area contributed by atoms with E-state index < -0.39 is 0 Å². The predicted molar refractivity (Wildman–Crippen MR) is 38.2 cm³/mol. The van der Waals surface area contributed by atoms with Crippen LogP contribution in [-0.2, 0) is 0 Å². The molecule has 1 nitrogen and oxygen atoms in total. The fourth-order valence-corrected chi connectivity index (χ4v) is 1.36. The number of hydrogen-bond acceptors (Lipinski definition) is 1. The van der Waals surface area contributed by atoms with E-state index >= 15 is 0 Å². The average Bonchev–Trinajstić information content (AvgIpc) is 2.15. The van der Waals surface area contributed by atoms with E-state index in [0.717, 1.165) is 12.8 Å². The molecule has 0 aromatic carbocycles. The standard InChI is InChI=1S/C8H14O/c1-7-4-3-5-8(7,2)6-9/h9H,1,3-6H2,2H3/t8-/m1/s1. The molecule has 1 heteroatoms. The first kappa shape index (κ1) is 6.81. The lowest BCUT2D eigenvalue weighted by atomic mass is 9.87. The summed E-state index contributed by atoms with van der Waals surface area (Å²) >= 11 is 0. The molecule has 1 aliphatic rings. The first-order chi connectivity index (χ1) is 4.19. The number of hydrogen-bond donors (Lipinski definition) is 1. The van der Waals surface area contributed by atoms with Crippen LogP contribution in [0.1, 0.15) is 26.2 Å². The van der Waals surface area contributed by atoms with Crippen molar-refractivity contribution in [2.45, 2.75) is 26.2 Å². The maximum Gasteiger partial charge on any atom is 0.0521 e. The summed E-state index contributed by atoms with van der Waals surface area (Å²) < 4.78 is 0. The van der Waals surface area contributed by atoms with Crippen LogP contribution in [0.2, 0.25) is 0 Å². The molecule has 1 saturated carbocycles. The van der Waals surface area contributed by atoms with E-state index in [0.29, 0.717) is 0 Å². The maximum atomic E-state index is 8.93. The highest BCUT2D eigenvalue weighted by atomic mass is 16.3. The Bertz CT molecular complexity index is 129. The Labute approximate surface area is 56.4 Å². The molecule has 0 aromatic rings. The van der Waals surface area contributed by atoms with Gasteiger partial charge in [0, 0.05) is 5.41 Å². The van der Waals surface area contributed by atoms with Crippen LogP contribution in [0.3, 0.4) is 0 Å². The molecule has 1 rings (SSSR count). The average molecular weight is 126 g/mol. The molecule has 0 aromatic heterocycles. The Hall–Kier alpha value is -0.300. The molecule has 0 spiro atoms. The SMILES string of the molecule is C=C1CCC[C@]1(C)CO. The molecular formula is C8H14O. The fourth-order valence-electron chi connectivity index (χ4n) is 1.36. The summed E-state index contributed by atoms with van der Waals surface area (Å²) in [5.74, 6) is 0. The normalized spacial score (nSPS) is 35.6. The number of aliphatic hydroxyl groups is 1. The second-order valence-corrected chi connectivity index (χ2v) is 3.18. The zero-order valence-corrected chi connectivity index (χ0v) is 5.98.